The molecule has 1 aliphatic heterocycles. The second-order valence-electron chi connectivity index (χ2n) is 4.77. The van der Waals surface area contributed by atoms with E-state index in [1.807, 2.05) is 0 Å². The molecule has 1 aliphatic rings. The van der Waals surface area contributed by atoms with Gasteiger partial charge in [0, 0.05) is 0 Å². The lowest BCUT2D eigenvalue weighted by Gasteiger charge is -2.22. The Morgan fingerprint density at radius 3 is 2.48 bits per heavy atom. The summed E-state index contributed by atoms with van der Waals surface area (Å²) in [7, 11) is -7.04. The highest BCUT2D eigenvalue weighted by molar-refractivity contribution is 7.94. The van der Waals surface area contributed by atoms with Crippen molar-refractivity contribution in [2.24, 2.45) is 0 Å². The lowest BCUT2D eigenvalue weighted by Crippen LogP contribution is -2.36. The van der Waals surface area contributed by atoms with E-state index in [1.54, 1.807) is 6.07 Å². The van der Waals surface area contributed by atoms with E-state index >= 15 is 0 Å². The number of sulfonamides is 1. The van der Waals surface area contributed by atoms with Gasteiger partial charge in [0.1, 0.15) is 27.3 Å². The summed E-state index contributed by atoms with van der Waals surface area (Å²) in [4.78, 5) is 0. The maximum Gasteiger partial charge on any atom is 0.235 e. The molecule has 1 heterocycles. The van der Waals surface area contributed by atoms with Crippen LogP contribution < -0.4 is 4.72 Å². The number of sulfone groups is 1. The average molecular weight is 332 g/mol. The highest BCUT2D eigenvalue weighted by Crippen LogP contribution is 2.24. The van der Waals surface area contributed by atoms with Crippen LogP contribution in [0.5, 0.6) is 0 Å². The molecule has 1 fully saturated rings. The Bertz CT molecular complexity index is 783. The van der Waals surface area contributed by atoms with Crippen LogP contribution in [-0.2, 0) is 19.9 Å². The molecule has 0 radical (unpaired) electrons. The van der Waals surface area contributed by atoms with Crippen molar-refractivity contribution >= 4 is 25.5 Å². The minimum absolute atomic E-state index is 0.00509. The van der Waals surface area contributed by atoms with Crippen LogP contribution in [0.3, 0.4) is 0 Å². The topological polar surface area (TPSA) is 104 Å². The van der Waals surface area contributed by atoms with Crippen molar-refractivity contribution in [3.63, 3.8) is 0 Å². The molecule has 1 aromatic carbocycles. The second-order valence-corrected chi connectivity index (χ2v) is 9.04. The van der Waals surface area contributed by atoms with Gasteiger partial charge >= 0.3 is 0 Å². The Kier molecular flexibility index (Phi) is 4.20. The number of hydrogen-bond acceptors (Lipinski definition) is 5. The fraction of sp³-hybridized carbons (Fsp3) is 0.417. The molecule has 0 amide bonds. The van der Waals surface area contributed by atoms with E-state index in [4.69, 9.17) is 5.26 Å². The van der Waals surface area contributed by atoms with Crippen molar-refractivity contribution < 1.29 is 21.2 Å². The molecule has 0 unspecified atom stereocenters. The Morgan fingerprint density at radius 2 is 1.90 bits per heavy atom. The first kappa shape index (κ1) is 15.7. The second kappa shape index (κ2) is 5.61. The Morgan fingerprint density at radius 1 is 1.29 bits per heavy atom. The summed E-state index contributed by atoms with van der Waals surface area (Å²) in [5, 5.41) is 8.01. The predicted molar refractivity (Wildman–Crippen MR) is 75.3 cm³/mol. The number of nitriles is 1. The van der Waals surface area contributed by atoms with Crippen LogP contribution in [-0.4, -0.2) is 33.6 Å². The van der Waals surface area contributed by atoms with Gasteiger partial charge in [-0.05, 0) is 25.0 Å². The molecule has 0 aliphatic carbocycles. The summed E-state index contributed by atoms with van der Waals surface area (Å²) in [6.07, 6.45) is -0.0102. The molecule has 1 N–H and O–H groups in total. The van der Waals surface area contributed by atoms with Gasteiger partial charge in [0.25, 0.3) is 0 Å². The molecule has 1 saturated heterocycles. The normalized spacial score (nSPS) is 18.9. The molecule has 2 rings (SSSR count). The van der Waals surface area contributed by atoms with E-state index in [2.05, 4.69) is 4.72 Å². The number of halogens is 1. The largest absolute Gasteiger partial charge is 0.282 e. The monoisotopic (exact) mass is 332 g/mol. The molecule has 0 spiro atoms. The number of hydrogen-bond donors (Lipinski definition) is 1. The third kappa shape index (κ3) is 3.51. The quantitative estimate of drug-likeness (QED) is 0.890. The van der Waals surface area contributed by atoms with Gasteiger partial charge in [0.05, 0.1) is 22.4 Å². The van der Waals surface area contributed by atoms with Gasteiger partial charge in [0.15, 0.2) is 0 Å². The third-order valence-electron chi connectivity index (χ3n) is 3.32. The Balaban J connectivity index is 2.24. The fourth-order valence-corrected chi connectivity index (χ4v) is 5.43. The average Bonchev–Trinajstić information content (AvgIpc) is 2.38. The van der Waals surface area contributed by atoms with Crippen molar-refractivity contribution in [3.8, 4) is 6.07 Å². The standard InChI is InChI=1S/C12H13FN2O4S2/c13-11-2-1-3-12(10(11)8-14)15-21(18,19)9-4-6-20(16,17)7-5-9/h1-3,9,15H,4-7H2. The van der Waals surface area contributed by atoms with Gasteiger partial charge in [-0.2, -0.15) is 5.26 Å². The highest BCUT2D eigenvalue weighted by Gasteiger charge is 2.33. The van der Waals surface area contributed by atoms with Gasteiger partial charge in [0.2, 0.25) is 10.0 Å². The molecule has 9 heteroatoms. The minimum atomic E-state index is -3.87. The SMILES string of the molecule is N#Cc1c(F)cccc1NS(=O)(=O)C1CCS(=O)(=O)CC1. The predicted octanol–water partition coefficient (Wildman–Crippen LogP) is 1.02. The molecular weight excluding hydrogens is 319 g/mol. The van der Waals surface area contributed by atoms with E-state index in [0.29, 0.717) is 0 Å². The molecule has 0 saturated carbocycles. The van der Waals surface area contributed by atoms with Gasteiger partial charge in [-0.15, -0.1) is 0 Å². The van der Waals surface area contributed by atoms with Crippen LogP contribution in [0.2, 0.25) is 0 Å². The minimum Gasteiger partial charge on any atom is -0.282 e. The third-order valence-corrected chi connectivity index (χ3v) is 6.89. The lowest BCUT2D eigenvalue weighted by molar-refractivity contribution is 0.555. The Labute approximate surface area is 122 Å². The van der Waals surface area contributed by atoms with E-state index in [9.17, 15) is 21.2 Å². The molecule has 114 valence electrons. The van der Waals surface area contributed by atoms with Crippen LogP contribution in [0, 0.1) is 17.1 Å². The summed E-state index contributed by atoms with van der Waals surface area (Å²) in [5.74, 6) is -1.19. The van der Waals surface area contributed by atoms with Gasteiger partial charge in [-0.1, -0.05) is 6.07 Å². The lowest BCUT2D eigenvalue weighted by atomic mass is 10.2. The van der Waals surface area contributed by atoms with E-state index in [1.165, 1.54) is 12.1 Å². The first-order valence-electron chi connectivity index (χ1n) is 6.16. The van der Waals surface area contributed by atoms with Crippen molar-refractivity contribution in [1.29, 1.82) is 5.26 Å². The van der Waals surface area contributed by atoms with Crippen LogP contribution in [0.4, 0.5) is 10.1 Å². The van der Waals surface area contributed by atoms with E-state index in [-0.39, 0.29) is 35.6 Å². The number of nitrogens with one attached hydrogen (secondary N) is 1. The summed E-state index contributed by atoms with van der Waals surface area (Å²) < 4.78 is 62.7. The van der Waals surface area contributed by atoms with Crippen LogP contribution in [0.25, 0.3) is 0 Å². The smallest absolute Gasteiger partial charge is 0.235 e. The van der Waals surface area contributed by atoms with Crippen molar-refractivity contribution in [2.45, 2.75) is 18.1 Å². The van der Waals surface area contributed by atoms with E-state index in [0.717, 1.165) is 6.07 Å². The number of benzene rings is 1. The zero-order valence-electron chi connectivity index (χ0n) is 10.9. The summed E-state index contributed by atoms with van der Waals surface area (Å²) >= 11 is 0. The maximum absolute atomic E-state index is 13.4. The fourth-order valence-electron chi connectivity index (χ4n) is 2.14. The number of nitrogens with zero attached hydrogens (tertiary/aromatic N) is 1. The zero-order chi connectivity index (χ0) is 15.7. The molecule has 0 bridgehead atoms. The van der Waals surface area contributed by atoms with Crippen molar-refractivity contribution in [3.05, 3.63) is 29.6 Å². The summed E-state index contributed by atoms with van der Waals surface area (Å²) in [6.45, 7) is 0. The van der Waals surface area contributed by atoms with Crippen molar-refractivity contribution in [2.75, 3.05) is 16.2 Å². The summed E-state index contributed by atoms with van der Waals surface area (Å²) in [6, 6.07) is 5.25. The first-order valence-corrected chi connectivity index (χ1v) is 9.52. The highest BCUT2D eigenvalue weighted by atomic mass is 32.2. The number of rotatable bonds is 3. The first-order chi connectivity index (χ1) is 9.75. The molecule has 6 nitrogen and oxygen atoms in total. The summed E-state index contributed by atoms with van der Waals surface area (Å²) in [5.41, 5.74) is -0.518. The van der Waals surface area contributed by atoms with Gasteiger partial charge in [-0.3, -0.25) is 4.72 Å². The number of anilines is 1. The van der Waals surface area contributed by atoms with Crippen LogP contribution >= 0.6 is 0 Å². The van der Waals surface area contributed by atoms with Crippen molar-refractivity contribution in [1.82, 2.24) is 0 Å². The van der Waals surface area contributed by atoms with E-state index < -0.39 is 30.9 Å². The molecule has 21 heavy (non-hydrogen) atoms. The molecular formula is C12H13FN2O4S2. The van der Waals surface area contributed by atoms with Crippen LogP contribution in [0.1, 0.15) is 18.4 Å². The molecule has 1 aromatic rings. The van der Waals surface area contributed by atoms with Gasteiger partial charge in [-0.25, -0.2) is 21.2 Å². The Hall–Kier alpha value is -1.66. The zero-order valence-corrected chi connectivity index (χ0v) is 12.5. The van der Waals surface area contributed by atoms with Gasteiger partial charge < -0.3 is 0 Å². The van der Waals surface area contributed by atoms with Crippen LogP contribution in [0.15, 0.2) is 18.2 Å². The maximum atomic E-state index is 13.4. The molecule has 0 atom stereocenters. The molecule has 0 aromatic heterocycles.